The van der Waals surface area contributed by atoms with Crippen molar-refractivity contribution in [3.63, 3.8) is 0 Å². The zero-order valence-electron chi connectivity index (χ0n) is 24.8. The van der Waals surface area contributed by atoms with Gasteiger partial charge in [0, 0.05) is 56.0 Å². The molecule has 0 saturated carbocycles. The Kier molecular flexibility index (Phi) is 10.5. The van der Waals surface area contributed by atoms with Crippen LogP contribution in [0.15, 0.2) is 24.3 Å². The molecule has 2 atom stereocenters. The minimum Gasteiger partial charge on any atom is -0.496 e. The number of aryl methyl sites for hydroxylation is 1. The Bertz CT molecular complexity index is 1240. The van der Waals surface area contributed by atoms with Crippen LogP contribution in [-0.4, -0.2) is 72.9 Å². The molecule has 4 heterocycles. The second-order valence-electron chi connectivity index (χ2n) is 11.8. The summed E-state index contributed by atoms with van der Waals surface area (Å²) in [5.41, 5.74) is 2.69. The molecule has 236 valence electrons. The summed E-state index contributed by atoms with van der Waals surface area (Å²) >= 11 is 0. The molecule has 8 nitrogen and oxygen atoms in total. The summed E-state index contributed by atoms with van der Waals surface area (Å²) in [5.74, 6) is -4.08. The van der Waals surface area contributed by atoms with Crippen molar-refractivity contribution < 1.29 is 37.3 Å². The van der Waals surface area contributed by atoms with Gasteiger partial charge < -0.3 is 24.6 Å². The van der Waals surface area contributed by atoms with Crippen molar-refractivity contribution in [1.82, 2.24) is 9.88 Å². The molecule has 2 fully saturated rings. The van der Waals surface area contributed by atoms with Gasteiger partial charge in [0.1, 0.15) is 23.4 Å². The normalized spacial score (nSPS) is 20.4. The first-order valence-electron chi connectivity index (χ1n) is 15.4. The number of carboxylic acid groups (broad SMARTS) is 1. The molecule has 2 aromatic rings. The highest BCUT2D eigenvalue weighted by atomic mass is 19.3. The molecule has 2 saturated heterocycles. The van der Waals surface area contributed by atoms with E-state index in [4.69, 9.17) is 14.2 Å². The van der Waals surface area contributed by atoms with Gasteiger partial charge >= 0.3 is 5.97 Å². The van der Waals surface area contributed by atoms with Crippen LogP contribution >= 0.6 is 0 Å². The molecule has 2 N–H and O–H groups in total. The molecule has 1 unspecified atom stereocenters. The fraction of sp³-hybridized carbons (Fsp3) is 0.625. The number of alkyl halides is 2. The number of nitrogens with zero attached hydrogens (tertiary/aromatic N) is 2. The van der Waals surface area contributed by atoms with Gasteiger partial charge in [-0.3, -0.25) is 9.69 Å². The van der Waals surface area contributed by atoms with E-state index in [1.807, 2.05) is 6.07 Å². The largest absolute Gasteiger partial charge is 0.496 e. The molecule has 0 bridgehead atoms. The van der Waals surface area contributed by atoms with Crippen molar-refractivity contribution >= 4 is 11.8 Å². The minimum atomic E-state index is -2.95. The number of benzene rings is 1. The summed E-state index contributed by atoms with van der Waals surface area (Å²) in [6.07, 6.45) is 4.69. The Morgan fingerprint density at radius 1 is 1.23 bits per heavy atom. The van der Waals surface area contributed by atoms with E-state index in [1.165, 1.54) is 18.2 Å². The summed E-state index contributed by atoms with van der Waals surface area (Å²) in [4.78, 5) is 18.7. The molecule has 3 aliphatic rings. The second-order valence-corrected chi connectivity index (χ2v) is 11.8. The van der Waals surface area contributed by atoms with E-state index < -0.39 is 29.7 Å². The summed E-state index contributed by atoms with van der Waals surface area (Å²) in [5, 5.41) is 13.5. The number of carboxylic acids is 1. The highest BCUT2D eigenvalue weighted by molar-refractivity contribution is 5.76. The molecule has 5 rings (SSSR count). The molecular formula is C32H42F3N3O5. The highest BCUT2D eigenvalue weighted by Gasteiger charge is 2.45. The van der Waals surface area contributed by atoms with Gasteiger partial charge in [-0.05, 0) is 81.2 Å². The minimum absolute atomic E-state index is 0.0217. The van der Waals surface area contributed by atoms with E-state index >= 15 is 8.78 Å². The predicted octanol–water partition coefficient (Wildman–Crippen LogP) is 5.78. The van der Waals surface area contributed by atoms with Gasteiger partial charge in [0.2, 0.25) is 0 Å². The maximum atomic E-state index is 15.4. The Labute approximate surface area is 250 Å². The summed E-state index contributed by atoms with van der Waals surface area (Å²) < 4.78 is 62.0. The molecule has 43 heavy (non-hydrogen) atoms. The van der Waals surface area contributed by atoms with Crippen LogP contribution in [0.4, 0.5) is 19.0 Å². The first-order valence-corrected chi connectivity index (χ1v) is 15.4. The summed E-state index contributed by atoms with van der Waals surface area (Å²) in [6, 6.07) is 4.68. The van der Waals surface area contributed by atoms with Gasteiger partial charge in [-0.2, -0.15) is 0 Å². The van der Waals surface area contributed by atoms with E-state index in [-0.39, 0.29) is 44.2 Å². The van der Waals surface area contributed by atoms with Gasteiger partial charge in [-0.15, -0.1) is 0 Å². The molecule has 3 aliphatic heterocycles. The van der Waals surface area contributed by atoms with Crippen LogP contribution in [0.1, 0.15) is 73.4 Å². The van der Waals surface area contributed by atoms with E-state index in [0.717, 1.165) is 55.1 Å². The fourth-order valence-corrected chi connectivity index (χ4v) is 6.49. The number of aromatic nitrogens is 1. The van der Waals surface area contributed by atoms with Gasteiger partial charge in [0.15, 0.2) is 0 Å². The second kappa shape index (κ2) is 14.3. The lowest BCUT2D eigenvalue weighted by molar-refractivity contribution is -0.143. The van der Waals surface area contributed by atoms with E-state index in [1.54, 1.807) is 12.0 Å². The number of hydrogen-bond acceptors (Lipinski definition) is 7. The number of ether oxygens (including phenoxy) is 3. The Hall–Kier alpha value is -2.89. The molecular weight excluding hydrogens is 563 g/mol. The van der Waals surface area contributed by atoms with Crippen molar-refractivity contribution in [2.24, 2.45) is 5.92 Å². The number of rotatable bonds is 13. The maximum absolute atomic E-state index is 15.4. The Morgan fingerprint density at radius 2 is 2.05 bits per heavy atom. The highest BCUT2D eigenvalue weighted by Crippen LogP contribution is 2.40. The number of hydrogen-bond donors (Lipinski definition) is 2. The number of methoxy groups -OCH3 is 1. The molecule has 11 heteroatoms. The average molecular weight is 606 g/mol. The first-order chi connectivity index (χ1) is 20.7. The number of aliphatic carboxylic acids is 1. The van der Waals surface area contributed by atoms with E-state index in [0.29, 0.717) is 38.0 Å². The third kappa shape index (κ3) is 7.80. The number of pyridine rings is 1. The number of fused-ring (bicyclic) bond motifs is 1. The lowest BCUT2D eigenvalue weighted by atomic mass is 9.94. The predicted molar refractivity (Wildman–Crippen MR) is 155 cm³/mol. The summed E-state index contributed by atoms with van der Waals surface area (Å²) in [6.45, 7) is 2.29. The molecule has 1 aromatic heterocycles. The molecule has 0 radical (unpaired) electrons. The Balaban J connectivity index is 1.18. The average Bonchev–Trinajstić information content (AvgIpc) is 3.50. The van der Waals surface area contributed by atoms with Crippen LogP contribution in [-0.2, 0) is 33.7 Å². The van der Waals surface area contributed by atoms with Crippen LogP contribution in [0.3, 0.4) is 0 Å². The van der Waals surface area contributed by atoms with Crippen molar-refractivity contribution in [1.29, 1.82) is 0 Å². The summed E-state index contributed by atoms with van der Waals surface area (Å²) in [7, 11) is 1.63. The van der Waals surface area contributed by atoms with Gasteiger partial charge in [0.05, 0.1) is 19.8 Å². The number of likely N-dealkylation sites (tertiary alicyclic amines) is 1. The third-order valence-electron chi connectivity index (χ3n) is 8.91. The number of halogens is 3. The standard InChI is InChI=1S/C32H42F3N3O5/c1-41-28-18-24(37-30-26(28)6-4-13-36-30)5-2-3-12-32(34,35)22-9-14-38(19-22)29(31(39)40)27-17-23(33)8-7-21(27)20-43-25-10-15-42-16-11-25/h7-8,17-18,22,25,29H,2-6,9-16,19-20H2,1H3,(H,36,37)(H,39,40)/t22-,29?/m1/s1. The maximum Gasteiger partial charge on any atom is 0.325 e. The zero-order chi connectivity index (χ0) is 30.4. The van der Waals surface area contributed by atoms with Crippen molar-refractivity contribution in [2.75, 3.05) is 45.3 Å². The van der Waals surface area contributed by atoms with E-state index in [9.17, 15) is 14.3 Å². The van der Waals surface area contributed by atoms with Crippen molar-refractivity contribution in [3.05, 3.63) is 52.5 Å². The number of unbranched alkanes of at least 4 members (excludes halogenated alkanes) is 1. The number of nitrogens with one attached hydrogen (secondary N) is 1. The van der Waals surface area contributed by atoms with Gasteiger partial charge in [-0.25, -0.2) is 18.2 Å². The van der Waals surface area contributed by atoms with Crippen LogP contribution in [0, 0.1) is 11.7 Å². The molecule has 0 spiro atoms. The van der Waals surface area contributed by atoms with E-state index in [2.05, 4.69) is 10.3 Å². The first kappa shape index (κ1) is 31.5. The molecule has 0 aliphatic carbocycles. The number of carbonyl (C=O) groups is 1. The van der Waals surface area contributed by atoms with Crippen molar-refractivity contribution in [2.45, 2.75) is 82.5 Å². The van der Waals surface area contributed by atoms with Crippen LogP contribution in [0.5, 0.6) is 5.75 Å². The Morgan fingerprint density at radius 3 is 2.81 bits per heavy atom. The number of anilines is 1. The molecule has 1 aromatic carbocycles. The van der Waals surface area contributed by atoms with Crippen LogP contribution < -0.4 is 10.1 Å². The van der Waals surface area contributed by atoms with Crippen molar-refractivity contribution in [3.8, 4) is 5.75 Å². The van der Waals surface area contributed by atoms with Crippen LogP contribution in [0.25, 0.3) is 0 Å². The van der Waals surface area contributed by atoms with Crippen LogP contribution in [0.2, 0.25) is 0 Å². The quantitative estimate of drug-likeness (QED) is 0.278. The SMILES string of the molecule is COc1cc(CCCCC(F)(F)[C@@H]2CCN(C(C(=O)O)c3cc(F)ccc3COC3CCOCC3)C2)nc2c1CCCN2. The smallest absolute Gasteiger partial charge is 0.325 e. The fourth-order valence-electron chi connectivity index (χ4n) is 6.49. The van der Waals surface area contributed by atoms with Gasteiger partial charge in [0.25, 0.3) is 5.92 Å². The third-order valence-corrected chi connectivity index (χ3v) is 8.91. The topological polar surface area (TPSA) is 93.2 Å². The molecule has 0 amide bonds. The van der Waals surface area contributed by atoms with Gasteiger partial charge in [-0.1, -0.05) is 6.07 Å². The lowest BCUT2D eigenvalue weighted by Gasteiger charge is -2.29. The zero-order valence-corrected chi connectivity index (χ0v) is 24.8. The monoisotopic (exact) mass is 605 g/mol. The lowest BCUT2D eigenvalue weighted by Crippen LogP contribution is -2.36.